The van der Waals surface area contributed by atoms with Crippen molar-refractivity contribution in [3.05, 3.63) is 35.9 Å². The molecular weight excluding hydrogens is 226 g/mol. The van der Waals surface area contributed by atoms with Gasteiger partial charge >= 0.3 is 0 Å². The van der Waals surface area contributed by atoms with Crippen molar-refractivity contribution in [3.63, 3.8) is 0 Å². The van der Waals surface area contributed by atoms with Crippen LogP contribution in [0.2, 0.25) is 0 Å². The maximum Gasteiger partial charge on any atom is 0.0972 e. The van der Waals surface area contributed by atoms with Gasteiger partial charge in [-0.1, -0.05) is 30.3 Å². The molecule has 0 amide bonds. The van der Waals surface area contributed by atoms with E-state index in [2.05, 4.69) is 26.0 Å². The van der Waals surface area contributed by atoms with Crippen molar-refractivity contribution in [3.8, 4) is 0 Å². The topological polar surface area (TPSA) is 44.5 Å². The minimum atomic E-state index is -0.154. The standard InChI is InChI=1S/C15H25NO2/c1-12(16)14(13-8-6-5-7-9-13)18-11-10-15(2,3)17-4/h5-9,12,14H,10-11,16H2,1-4H3. The van der Waals surface area contributed by atoms with E-state index in [9.17, 15) is 0 Å². The minimum Gasteiger partial charge on any atom is -0.379 e. The van der Waals surface area contributed by atoms with E-state index in [0.717, 1.165) is 12.0 Å². The molecule has 0 aliphatic rings. The molecule has 0 aliphatic carbocycles. The quantitative estimate of drug-likeness (QED) is 0.810. The van der Waals surface area contributed by atoms with Crippen LogP contribution >= 0.6 is 0 Å². The Morgan fingerprint density at radius 3 is 2.33 bits per heavy atom. The molecule has 3 nitrogen and oxygen atoms in total. The maximum absolute atomic E-state index is 5.99. The largest absolute Gasteiger partial charge is 0.379 e. The van der Waals surface area contributed by atoms with Gasteiger partial charge in [0, 0.05) is 13.2 Å². The summed E-state index contributed by atoms with van der Waals surface area (Å²) in [4.78, 5) is 0. The van der Waals surface area contributed by atoms with Gasteiger partial charge in [0.25, 0.3) is 0 Å². The van der Waals surface area contributed by atoms with E-state index in [1.165, 1.54) is 0 Å². The van der Waals surface area contributed by atoms with Gasteiger partial charge in [0.1, 0.15) is 0 Å². The van der Waals surface area contributed by atoms with Crippen LogP contribution in [0.3, 0.4) is 0 Å². The molecule has 1 aromatic rings. The van der Waals surface area contributed by atoms with Crippen LogP contribution in [0, 0.1) is 0 Å². The Labute approximate surface area is 110 Å². The van der Waals surface area contributed by atoms with Gasteiger partial charge in [0.15, 0.2) is 0 Å². The van der Waals surface area contributed by atoms with Gasteiger partial charge in [-0.15, -0.1) is 0 Å². The van der Waals surface area contributed by atoms with Crippen molar-refractivity contribution in [2.24, 2.45) is 5.73 Å². The molecule has 1 aromatic carbocycles. The van der Waals surface area contributed by atoms with Crippen molar-refractivity contribution in [2.45, 2.75) is 44.9 Å². The second kappa shape index (κ2) is 6.88. The smallest absolute Gasteiger partial charge is 0.0972 e. The molecule has 102 valence electrons. The molecule has 0 spiro atoms. The summed E-state index contributed by atoms with van der Waals surface area (Å²) < 4.78 is 11.3. The predicted octanol–water partition coefficient (Wildman–Crippen LogP) is 2.91. The average molecular weight is 251 g/mol. The van der Waals surface area contributed by atoms with Crippen LogP contribution in [-0.4, -0.2) is 25.4 Å². The van der Waals surface area contributed by atoms with E-state index in [-0.39, 0.29) is 17.7 Å². The van der Waals surface area contributed by atoms with Crippen molar-refractivity contribution >= 4 is 0 Å². The molecule has 2 N–H and O–H groups in total. The second-order valence-corrected chi connectivity index (χ2v) is 5.28. The van der Waals surface area contributed by atoms with Crippen LogP contribution < -0.4 is 5.73 Å². The highest BCUT2D eigenvalue weighted by molar-refractivity contribution is 5.18. The number of nitrogens with two attached hydrogens (primary N) is 1. The lowest BCUT2D eigenvalue weighted by atomic mass is 10.0. The normalized spacial score (nSPS) is 15.4. The molecule has 1 rings (SSSR count). The number of benzene rings is 1. The molecule has 3 heteroatoms. The van der Waals surface area contributed by atoms with Crippen LogP contribution in [0.5, 0.6) is 0 Å². The summed E-state index contributed by atoms with van der Waals surface area (Å²) in [6.45, 7) is 6.72. The Morgan fingerprint density at radius 1 is 1.22 bits per heavy atom. The molecule has 0 radical (unpaired) electrons. The number of hydrogen-bond acceptors (Lipinski definition) is 3. The Kier molecular flexibility index (Phi) is 5.79. The molecule has 0 bridgehead atoms. The highest BCUT2D eigenvalue weighted by atomic mass is 16.5. The molecule has 0 aromatic heterocycles. The van der Waals surface area contributed by atoms with Crippen molar-refractivity contribution in [1.82, 2.24) is 0 Å². The zero-order chi connectivity index (χ0) is 13.6. The third-order valence-electron chi connectivity index (χ3n) is 3.16. The third-order valence-corrected chi connectivity index (χ3v) is 3.16. The van der Waals surface area contributed by atoms with E-state index in [4.69, 9.17) is 15.2 Å². The fraction of sp³-hybridized carbons (Fsp3) is 0.600. The highest BCUT2D eigenvalue weighted by Crippen LogP contribution is 2.22. The first-order valence-electron chi connectivity index (χ1n) is 6.43. The van der Waals surface area contributed by atoms with Gasteiger partial charge in [0.2, 0.25) is 0 Å². The van der Waals surface area contributed by atoms with E-state index in [0.29, 0.717) is 6.61 Å². The Bertz CT molecular complexity index is 336. The second-order valence-electron chi connectivity index (χ2n) is 5.28. The molecule has 0 saturated carbocycles. The Hall–Kier alpha value is -0.900. The van der Waals surface area contributed by atoms with Gasteiger partial charge in [-0.3, -0.25) is 0 Å². The summed E-state index contributed by atoms with van der Waals surface area (Å²) in [5.41, 5.74) is 6.97. The molecule has 0 saturated heterocycles. The lowest BCUT2D eigenvalue weighted by molar-refractivity contribution is -0.0317. The fourth-order valence-corrected chi connectivity index (χ4v) is 1.73. The molecule has 0 aliphatic heterocycles. The first kappa shape index (κ1) is 15.2. The van der Waals surface area contributed by atoms with E-state index in [1.54, 1.807) is 7.11 Å². The summed E-state index contributed by atoms with van der Waals surface area (Å²) in [6.07, 6.45) is 0.790. The zero-order valence-electron chi connectivity index (χ0n) is 11.8. The monoisotopic (exact) mass is 251 g/mol. The Morgan fingerprint density at radius 2 is 1.83 bits per heavy atom. The summed E-state index contributed by atoms with van der Waals surface area (Å²) in [5.74, 6) is 0. The van der Waals surface area contributed by atoms with Gasteiger partial charge < -0.3 is 15.2 Å². The van der Waals surface area contributed by atoms with Crippen molar-refractivity contribution in [2.75, 3.05) is 13.7 Å². The number of hydrogen-bond donors (Lipinski definition) is 1. The lowest BCUT2D eigenvalue weighted by Gasteiger charge is -2.26. The SMILES string of the molecule is COC(C)(C)CCOC(c1ccccc1)C(C)N. The first-order valence-corrected chi connectivity index (χ1v) is 6.43. The molecule has 0 heterocycles. The van der Waals surface area contributed by atoms with Crippen LogP contribution in [0.15, 0.2) is 30.3 Å². The number of ether oxygens (including phenoxy) is 2. The third kappa shape index (κ3) is 4.77. The van der Waals surface area contributed by atoms with Gasteiger partial charge in [-0.25, -0.2) is 0 Å². The van der Waals surface area contributed by atoms with Crippen LogP contribution in [0.4, 0.5) is 0 Å². The maximum atomic E-state index is 5.99. The van der Waals surface area contributed by atoms with Crippen LogP contribution in [-0.2, 0) is 9.47 Å². The molecular formula is C15H25NO2. The van der Waals surface area contributed by atoms with Crippen molar-refractivity contribution < 1.29 is 9.47 Å². The van der Waals surface area contributed by atoms with Crippen LogP contribution in [0.25, 0.3) is 0 Å². The van der Waals surface area contributed by atoms with Crippen molar-refractivity contribution in [1.29, 1.82) is 0 Å². The first-order chi connectivity index (χ1) is 8.46. The number of methoxy groups -OCH3 is 1. The predicted molar refractivity (Wildman–Crippen MR) is 74.5 cm³/mol. The van der Waals surface area contributed by atoms with E-state index >= 15 is 0 Å². The Balaban J connectivity index is 2.55. The van der Waals surface area contributed by atoms with Gasteiger partial charge in [-0.05, 0) is 32.8 Å². The molecule has 18 heavy (non-hydrogen) atoms. The zero-order valence-corrected chi connectivity index (χ0v) is 11.8. The minimum absolute atomic E-state index is 0.0296. The average Bonchev–Trinajstić information content (AvgIpc) is 2.35. The summed E-state index contributed by atoms with van der Waals surface area (Å²) >= 11 is 0. The van der Waals surface area contributed by atoms with Crippen LogP contribution in [0.1, 0.15) is 38.9 Å². The molecule has 2 atom stereocenters. The van der Waals surface area contributed by atoms with E-state index in [1.807, 2.05) is 25.1 Å². The molecule has 0 fully saturated rings. The highest BCUT2D eigenvalue weighted by Gasteiger charge is 2.20. The summed E-state index contributed by atoms with van der Waals surface area (Å²) in [7, 11) is 1.72. The summed E-state index contributed by atoms with van der Waals surface area (Å²) in [6, 6.07) is 10.1. The lowest BCUT2D eigenvalue weighted by Crippen LogP contribution is -2.30. The van der Waals surface area contributed by atoms with Gasteiger partial charge in [-0.2, -0.15) is 0 Å². The van der Waals surface area contributed by atoms with E-state index < -0.39 is 0 Å². The fourth-order valence-electron chi connectivity index (χ4n) is 1.73. The number of rotatable bonds is 7. The van der Waals surface area contributed by atoms with Gasteiger partial charge in [0.05, 0.1) is 18.3 Å². The molecule has 2 unspecified atom stereocenters. The summed E-state index contributed by atoms with van der Waals surface area (Å²) in [5, 5.41) is 0.